The third kappa shape index (κ3) is 9.04. The van der Waals surface area contributed by atoms with Gasteiger partial charge in [0.2, 0.25) is 0 Å². The topological polar surface area (TPSA) is 3.24 Å². The Labute approximate surface area is 331 Å². The predicted molar refractivity (Wildman–Crippen MR) is 212 cm³/mol. The second-order valence-electron chi connectivity index (χ2n) is 14.7. The Morgan fingerprint density at radius 3 is 1.38 bits per heavy atom. The highest BCUT2D eigenvalue weighted by atomic mass is 19.4. The van der Waals surface area contributed by atoms with Gasteiger partial charge in [0.05, 0.1) is 16.7 Å². The molecule has 58 heavy (non-hydrogen) atoms. The maximum Gasteiger partial charge on any atom is 0.416 e. The zero-order valence-electron chi connectivity index (χ0n) is 32.3. The van der Waals surface area contributed by atoms with Crippen molar-refractivity contribution in [1.82, 2.24) is 4.90 Å². The third-order valence-electron chi connectivity index (χ3n) is 10.6. The average molecular weight is 812 g/mol. The van der Waals surface area contributed by atoms with Crippen LogP contribution in [0, 0.1) is 0 Å². The molecule has 0 aliphatic carbocycles. The summed E-state index contributed by atoms with van der Waals surface area (Å²) in [7, 11) is 0. The van der Waals surface area contributed by atoms with Crippen LogP contribution in [0.4, 0.5) is 43.9 Å². The summed E-state index contributed by atoms with van der Waals surface area (Å²) >= 11 is 0. The van der Waals surface area contributed by atoms with E-state index in [0.717, 1.165) is 49.9 Å². The maximum absolute atomic E-state index is 14.4. The van der Waals surface area contributed by atoms with Crippen LogP contribution in [-0.4, -0.2) is 18.0 Å². The van der Waals surface area contributed by atoms with Crippen molar-refractivity contribution in [2.75, 3.05) is 13.1 Å². The van der Waals surface area contributed by atoms with Gasteiger partial charge in [0.1, 0.15) is 6.67 Å². The Hall–Kier alpha value is -4.90. The molecule has 0 spiro atoms. The lowest BCUT2D eigenvalue weighted by atomic mass is 9.80. The summed E-state index contributed by atoms with van der Waals surface area (Å²) < 4.78 is 143. The predicted octanol–water partition coefficient (Wildman–Crippen LogP) is 15.5. The van der Waals surface area contributed by atoms with Gasteiger partial charge in [-0.1, -0.05) is 82.1 Å². The van der Waals surface area contributed by atoms with Gasteiger partial charge in [0, 0.05) is 6.54 Å². The number of alkyl halides is 10. The Balaban J connectivity index is 1.82. The van der Waals surface area contributed by atoms with E-state index in [1.54, 1.807) is 43.3 Å². The summed E-state index contributed by atoms with van der Waals surface area (Å²) in [6, 6.07) is 22.5. The van der Waals surface area contributed by atoms with Gasteiger partial charge in [0.25, 0.3) is 0 Å². The van der Waals surface area contributed by atoms with Crippen molar-refractivity contribution in [3.05, 3.63) is 130 Å². The van der Waals surface area contributed by atoms with E-state index >= 15 is 0 Å². The standard InChI is InChI=1S/C47H43F10N/c1-4-7-17-58(18-8-5-2)28-42-41(32-19-29(27-48)20-34(21-32)45(49,50)51)25-31-14-10-12-16-39(31)44(42)43-37(6-3)40(24-30-13-9-11-15-38(30)43)33-22-35(46(52,53)54)26-36(23-33)47(55,56)57/h9-16,19-26H,4-8,17-18,27-28H2,1-3H3. The van der Waals surface area contributed by atoms with Crippen molar-refractivity contribution < 1.29 is 43.9 Å². The van der Waals surface area contributed by atoms with Gasteiger partial charge in [-0.3, -0.25) is 4.90 Å². The molecule has 0 radical (unpaired) electrons. The highest BCUT2D eigenvalue weighted by Gasteiger charge is 2.38. The molecule has 1 nitrogen and oxygen atoms in total. The number of benzene rings is 6. The van der Waals surface area contributed by atoms with Crippen LogP contribution in [0.1, 0.15) is 79.8 Å². The van der Waals surface area contributed by atoms with E-state index in [1.165, 1.54) is 6.07 Å². The molecule has 11 heteroatoms. The fourth-order valence-corrected chi connectivity index (χ4v) is 7.85. The average Bonchev–Trinajstić information content (AvgIpc) is 3.19. The lowest BCUT2D eigenvalue weighted by Crippen LogP contribution is -2.26. The Morgan fingerprint density at radius 2 is 0.931 bits per heavy atom. The molecular formula is C47H43F10N. The van der Waals surface area contributed by atoms with Gasteiger partial charge >= 0.3 is 18.5 Å². The van der Waals surface area contributed by atoms with Gasteiger partial charge in [-0.15, -0.1) is 0 Å². The maximum atomic E-state index is 14.4. The van der Waals surface area contributed by atoms with E-state index < -0.39 is 41.9 Å². The summed E-state index contributed by atoms with van der Waals surface area (Å²) in [4.78, 5) is 2.23. The van der Waals surface area contributed by atoms with Crippen molar-refractivity contribution in [1.29, 1.82) is 0 Å². The van der Waals surface area contributed by atoms with Crippen LogP contribution in [0.25, 0.3) is 54.9 Å². The SMILES string of the molecule is CCCCN(CCCC)Cc1c(-c2cc(CF)cc(C(F)(F)F)c2)cc2ccccc2c1-c1c(CC)c(-c2cc(C(F)(F)F)cc(C(F)(F)F)c2)cc2ccccc12. The minimum atomic E-state index is -5.08. The fraction of sp³-hybridized carbons (Fsp3) is 0.319. The lowest BCUT2D eigenvalue weighted by molar-refractivity contribution is -0.143. The van der Waals surface area contributed by atoms with Crippen LogP contribution in [0.2, 0.25) is 0 Å². The van der Waals surface area contributed by atoms with Gasteiger partial charge < -0.3 is 0 Å². The molecule has 0 heterocycles. The molecule has 0 aromatic heterocycles. The minimum Gasteiger partial charge on any atom is -0.299 e. The summed E-state index contributed by atoms with van der Waals surface area (Å²) in [5.41, 5.74) is -1.37. The molecule has 6 aromatic rings. The molecule has 0 saturated heterocycles. The van der Waals surface area contributed by atoms with E-state index in [0.29, 0.717) is 62.5 Å². The van der Waals surface area contributed by atoms with Crippen molar-refractivity contribution in [2.45, 2.75) is 84.6 Å². The molecule has 6 rings (SSSR count). The van der Waals surface area contributed by atoms with Crippen LogP contribution in [-0.2, 0) is 38.2 Å². The Kier molecular flexibility index (Phi) is 12.6. The zero-order chi connectivity index (χ0) is 42.0. The first kappa shape index (κ1) is 42.7. The molecular weight excluding hydrogens is 769 g/mol. The Morgan fingerprint density at radius 1 is 0.500 bits per heavy atom. The molecule has 0 saturated carbocycles. The lowest BCUT2D eigenvalue weighted by Gasteiger charge is -2.29. The number of hydrogen-bond acceptors (Lipinski definition) is 1. The second kappa shape index (κ2) is 17.1. The highest BCUT2D eigenvalue weighted by Crippen LogP contribution is 2.48. The number of rotatable bonds is 13. The molecule has 0 aliphatic rings. The van der Waals surface area contributed by atoms with Gasteiger partial charge in [0.15, 0.2) is 0 Å². The highest BCUT2D eigenvalue weighted by molar-refractivity contribution is 6.12. The van der Waals surface area contributed by atoms with Gasteiger partial charge in [-0.05, 0) is 152 Å². The van der Waals surface area contributed by atoms with Crippen LogP contribution in [0.15, 0.2) is 97.1 Å². The number of unbranched alkanes of at least 4 members (excludes halogenated alkanes) is 2. The first-order valence-corrected chi connectivity index (χ1v) is 19.4. The molecule has 0 bridgehead atoms. The second-order valence-corrected chi connectivity index (χ2v) is 14.7. The molecule has 0 fully saturated rings. The summed E-state index contributed by atoms with van der Waals surface area (Å²) in [5, 5.41) is 2.54. The first-order chi connectivity index (χ1) is 27.5. The molecule has 0 amide bonds. The van der Waals surface area contributed by atoms with Crippen LogP contribution < -0.4 is 0 Å². The van der Waals surface area contributed by atoms with Crippen LogP contribution in [0.3, 0.4) is 0 Å². The molecule has 0 aliphatic heterocycles. The Bertz CT molecular complexity index is 2370. The van der Waals surface area contributed by atoms with E-state index in [4.69, 9.17) is 0 Å². The van der Waals surface area contributed by atoms with E-state index in [1.807, 2.05) is 24.3 Å². The van der Waals surface area contributed by atoms with Crippen LogP contribution in [0.5, 0.6) is 0 Å². The zero-order valence-corrected chi connectivity index (χ0v) is 32.3. The molecule has 0 unspecified atom stereocenters. The van der Waals surface area contributed by atoms with E-state index in [2.05, 4.69) is 18.7 Å². The molecule has 0 N–H and O–H groups in total. The summed E-state index contributed by atoms with van der Waals surface area (Å²) in [6.07, 6.45) is -11.4. The quantitative estimate of drug-likeness (QED) is 0.105. The van der Waals surface area contributed by atoms with Gasteiger partial charge in [-0.25, -0.2) is 4.39 Å². The van der Waals surface area contributed by atoms with E-state index in [-0.39, 0.29) is 41.3 Å². The number of nitrogens with zero attached hydrogens (tertiary/aromatic N) is 1. The third-order valence-corrected chi connectivity index (χ3v) is 10.6. The summed E-state index contributed by atoms with van der Waals surface area (Å²) in [5.74, 6) is 0. The minimum absolute atomic E-state index is 0.105. The normalized spacial score (nSPS) is 12.7. The van der Waals surface area contributed by atoms with E-state index in [9.17, 15) is 43.9 Å². The van der Waals surface area contributed by atoms with Gasteiger partial charge in [-0.2, -0.15) is 39.5 Å². The molecule has 0 atom stereocenters. The molecule has 306 valence electrons. The van der Waals surface area contributed by atoms with Crippen LogP contribution >= 0.6 is 0 Å². The largest absolute Gasteiger partial charge is 0.416 e. The smallest absolute Gasteiger partial charge is 0.299 e. The monoisotopic (exact) mass is 811 g/mol. The number of fused-ring (bicyclic) bond motifs is 2. The van der Waals surface area contributed by atoms with Crippen molar-refractivity contribution in [3.8, 4) is 33.4 Å². The van der Waals surface area contributed by atoms with Crippen molar-refractivity contribution in [3.63, 3.8) is 0 Å². The first-order valence-electron chi connectivity index (χ1n) is 19.4. The van der Waals surface area contributed by atoms with Crippen molar-refractivity contribution >= 4 is 21.5 Å². The van der Waals surface area contributed by atoms with Crippen molar-refractivity contribution in [2.24, 2.45) is 0 Å². The number of halogens is 10. The summed E-state index contributed by atoms with van der Waals surface area (Å²) in [6.45, 7) is 6.30. The number of hydrogen-bond donors (Lipinski definition) is 0. The fourth-order valence-electron chi connectivity index (χ4n) is 7.85. The molecule has 6 aromatic carbocycles.